The van der Waals surface area contributed by atoms with Crippen molar-refractivity contribution in [3.63, 3.8) is 0 Å². The molecule has 3 heterocycles. The molecular formula is C29H25N5O3. The molecule has 0 N–H and O–H groups in total. The van der Waals surface area contributed by atoms with Crippen molar-refractivity contribution in [1.29, 1.82) is 5.26 Å². The summed E-state index contributed by atoms with van der Waals surface area (Å²) in [4.78, 5) is 31.4. The van der Waals surface area contributed by atoms with Crippen molar-refractivity contribution in [3.05, 3.63) is 89.2 Å². The zero-order chi connectivity index (χ0) is 25.4. The van der Waals surface area contributed by atoms with E-state index >= 15 is 0 Å². The Balaban J connectivity index is 1.07. The van der Waals surface area contributed by atoms with Crippen LogP contribution in [0.2, 0.25) is 0 Å². The zero-order valence-electron chi connectivity index (χ0n) is 20.2. The first-order chi connectivity index (χ1) is 18.1. The van der Waals surface area contributed by atoms with Crippen LogP contribution in [-0.4, -0.2) is 50.4 Å². The van der Waals surface area contributed by atoms with Gasteiger partial charge in [-0.15, -0.1) is 0 Å². The highest BCUT2D eigenvalue weighted by atomic mass is 16.5. The van der Waals surface area contributed by atoms with Gasteiger partial charge in [0.05, 0.1) is 36.5 Å². The highest BCUT2D eigenvalue weighted by Crippen LogP contribution is 2.31. The van der Waals surface area contributed by atoms with Gasteiger partial charge in [-0.1, -0.05) is 30.3 Å². The highest BCUT2D eigenvalue weighted by Gasteiger charge is 2.32. The number of hydrogen-bond acceptors (Lipinski definition) is 6. The van der Waals surface area contributed by atoms with E-state index in [1.165, 1.54) is 0 Å². The molecule has 1 aliphatic heterocycles. The third-order valence-corrected chi connectivity index (χ3v) is 6.90. The van der Waals surface area contributed by atoms with E-state index < -0.39 is 0 Å². The Hall–Kier alpha value is -4.35. The number of benzene rings is 2. The van der Waals surface area contributed by atoms with Gasteiger partial charge in [0.25, 0.3) is 5.91 Å². The molecule has 1 aliphatic carbocycles. The number of hydrogen-bond donors (Lipinski definition) is 0. The standard InChI is InChI=1S/C29H25N5O3/c30-15-19-4-6-20(7-5-19)18-37-24-16-33(17-24)29(36)23-12-8-21(9-13-23)25-2-1-3-28-31-27(32-34(25)28)14-26(35)22-10-11-22/h1-9,12-13,22,24H,10-11,14,16-18H2. The predicted molar refractivity (Wildman–Crippen MR) is 135 cm³/mol. The number of ketones is 1. The van der Waals surface area contributed by atoms with Crippen LogP contribution in [0, 0.1) is 17.2 Å². The molecule has 0 atom stereocenters. The van der Waals surface area contributed by atoms with Gasteiger partial charge < -0.3 is 9.64 Å². The van der Waals surface area contributed by atoms with Crippen LogP contribution in [0.25, 0.3) is 16.9 Å². The van der Waals surface area contributed by atoms with Gasteiger partial charge >= 0.3 is 0 Å². The molecule has 2 aromatic carbocycles. The lowest BCUT2D eigenvalue weighted by molar-refractivity contribution is -0.119. The summed E-state index contributed by atoms with van der Waals surface area (Å²) in [5, 5.41) is 13.5. The van der Waals surface area contributed by atoms with Crippen LogP contribution in [0.1, 0.15) is 40.2 Å². The van der Waals surface area contributed by atoms with E-state index in [1.807, 2.05) is 54.6 Å². The van der Waals surface area contributed by atoms with Gasteiger partial charge in [-0.3, -0.25) is 9.59 Å². The van der Waals surface area contributed by atoms with Crippen molar-refractivity contribution in [2.45, 2.75) is 32.0 Å². The van der Waals surface area contributed by atoms with Crippen molar-refractivity contribution in [2.75, 3.05) is 13.1 Å². The van der Waals surface area contributed by atoms with Crippen molar-refractivity contribution in [2.24, 2.45) is 5.92 Å². The summed E-state index contributed by atoms with van der Waals surface area (Å²) < 4.78 is 7.66. The van der Waals surface area contributed by atoms with Gasteiger partial charge in [-0.25, -0.2) is 9.50 Å². The van der Waals surface area contributed by atoms with Crippen LogP contribution in [0.15, 0.2) is 66.7 Å². The molecule has 0 bridgehead atoms. The zero-order valence-corrected chi connectivity index (χ0v) is 20.2. The molecule has 1 saturated carbocycles. The molecule has 1 saturated heterocycles. The summed E-state index contributed by atoms with van der Waals surface area (Å²) in [5.74, 6) is 0.926. The molecule has 37 heavy (non-hydrogen) atoms. The summed E-state index contributed by atoms with van der Waals surface area (Å²) in [7, 11) is 0. The van der Waals surface area contributed by atoms with Crippen molar-refractivity contribution < 1.29 is 14.3 Å². The Bertz CT molecular complexity index is 1510. The van der Waals surface area contributed by atoms with E-state index in [4.69, 9.17) is 10.00 Å². The lowest BCUT2D eigenvalue weighted by Crippen LogP contribution is -2.54. The SMILES string of the molecule is N#Cc1ccc(COC2CN(C(=O)c3ccc(-c4cccc5nc(CC(=O)C6CC6)nn45)cc3)C2)cc1. The van der Waals surface area contributed by atoms with Gasteiger partial charge in [0.2, 0.25) is 0 Å². The smallest absolute Gasteiger partial charge is 0.254 e. The number of rotatable bonds is 8. The molecule has 8 nitrogen and oxygen atoms in total. The van der Waals surface area contributed by atoms with Crippen LogP contribution in [0.4, 0.5) is 0 Å². The number of amides is 1. The third-order valence-electron chi connectivity index (χ3n) is 6.90. The van der Waals surface area contributed by atoms with Gasteiger partial charge in [0, 0.05) is 30.1 Å². The third kappa shape index (κ3) is 4.86. The fourth-order valence-electron chi connectivity index (χ4n) is 4.51. The fourth-order valence-corrected chi connectivity index (χ4v) is 4.51. The number of ether oxygens (including phenoxy) is 1. The summed E-state index contributed by atoms with van der Waals surface area (Å²) in [6, 6.07) is 22.7. The molecule has 1 amide bonds. The van der Waals surface area contributed by atoms with Crippen LogP contribution < -0.4 is 0 Å². The van der Waals surface area contributed by atoms with Gasteiger partial charge in [-0.2, -0.15) is 10.4 Å². The van der Waals surface area contributed by atoms with E-state index in [2.05, 4.69) is 16.2 Å². The first-order valence-electron chi connectivity index (χ1n) is 12.4. The Morgan fingerprint density at radius 2 is 1.76 bits per heavy atom. The minimum absolute atomic E-state index is 0.00442. The number of nitriles is 1. The maximum Gasteiger partial charge on any atom is 0.254 e. The number of fused-ring (bicyclic) bond motifs is 1. The Morgan fingerprint density at radius 3 is 2.46 bits per heavy atom. The molecule has 0 unspecified atom stereocenters. The number of carbonyl (C=O) groups excluding carboxylic acids is 2. The number of nitrogens with zero attached hydrogens (tertiary/aromatic N) is 5. The second kappa shape index (κ2) is 9.60. The number of likely N-dealkylation sites (tertiary alicyclic amines) is 1. The first kappa shape index (κ1) is 23.1. The van der Waals surface area contributed by atoms with Crippen molar-refractivity contribution in [1.82, 2.24) is 19.5 Å². The fraction of sp³-hybridized carbons (Fsp3) is 0.276. The Labute approximate surface area is 214 Å². The summed E-state index contributed by atoms with van der Waals surface area (Å²) in [6.07, 6.45) is 2.23. The van der Waals surface area contributed by atoms with Crippen molar-refractivity contribution >= 4 is 17.3 Å². The molecule has 2 aromatic heterocycles. The molecule has 2 aliphatic rings. The Kier molecular flexibility index (Phi) is 5.99. The monoisotopic (exact) mass is 491 g/mol. The lowest BCUT2D eigenvalue weighted by Gasteiger charge is -2.39. The number of aromatic nitrogens is 3. The molecule has 6 rings (SSSR count). The average molecular weight is 492 g/mol. The minimum atomic E-state index is -0.0235. The van der Waals surface area contributed by atoms with E-state index in [0.29, 0.717) is 42.3 Å². The second-order valence-electron chi connectivity index (χ2n) is 9.66. The number of pyridine rings is 1. The molecule has 2 fully saturated rings. The summed E-state index contributed by atoms with van der Waals surface area (Å²) in [5.41, 5.74) is 4.72. The largest absolute Gasteiger partial charge is 0.370 e. The van der Waals surface area contributed by atoms with E-state index in [0.717, 1.165) is 29.7 Å². The lowest BCUT2D eigenvalue weighted by atomic mass is 10.1. The van der Waals surface area contributed by atoms with Gasteiger partial charge in [0.15, 0.2) is 11.5 Å². The Morgan fingerprint density at radius 1 is 1.00 bits per heavy atom. The minimum Gasteiger partial charge on any atom is -0.370 e. The number of Topliss-reactive ketones (excluding diaryl/α,β-unsaturated/α-hetero) is 1. The molecule has 0 spiro atoms. The maximum atomic E-state index is 12.9. The first-order valence-corrected chi connectivity index (χ1v) is 12.4. The number of carbonyl (C=O) groups is 2. The van der Waals surface area contributed by atoms with Crippen LogP contribution in [0.3, 0.4) is 0 Å². The second-order valence-corrected chi connectivity index (χ2v) is 9.66. The average Bonchev–Trinajstić information content (AvgIpc) is 3.68. The molecular weight excluding hydrogens is 466 g/mol. The van der Waals surface area contributed by atoms with Crippen LogP contribution >= 0.6 is 0 Å². The van der Waals surface area contributed by atoms with E-state index in [1.54, 1.807) is 21.5 Å². The van der Waals surface area contributed by atoms with E-state index in [-0.39, 0.29) is 30.1 Å². The maximum absolute atomic E-state index is 12.9. The summed E-state index contributed by atoms with van der Waals surface area (Å²) in [6.45, 7) is 1.56. The molecule has 4 aromatic rings. The summed E-state index contributed by atoms with van der Waals surface area (Å²) >= 11 is 0. The van der Waals surface area contributed by atoms with Crippen molar-refractivity contribution in [3.8, 4) is 17.3 Å². The van der Waals surface area contributed by atoms with E-state index in [9.17, 15) is 9.59 Å². The molecule has 0 radical (unpaired) electrons. The van der Waals surface area contributed by atoms with Crippen LogP contribution in [0.5, 0.6) is 0 Å². The predicted octanol–water partition coefficient (Wildman–Crippen LogP) is 3.83. The normalized spacial score (nSPS) is 15.4. The van der Waals surface area contributed by atoms with Crippen LogP contribution in [-0.2, 0) is 22.6 Å². The quantitative estimate of drug-likeness (QED) is 0.371. The molecule has 184 valence electrons. The molecule has 8 heteroatoms. The topological polar surface area (TPSA) is 101 Å². The highest BCUT2D eigenvalue weighted by molar-refractivity contribution is 5.95. The van der Waals surface area contributed by atoms with Gasteiger partial charge in [-0.05, 0) is 54.8 Å². The van der Waals surface area contributed by atoms with Gasteiger partial charge in [0.1, 0.15) is 5.78 Å².